The van der Waals surface area contributed by atoms with Gasteiger partial charge in [-0.05, 0) is 25.9 Å². The van der Waals surface area contributed by atoms with Crippen molar-refractivity contribution in [3.63, 3.8) is 0 Å². The lowest BCUT2D eigenvalue weighted by molar-refractivity contribution is 0.429. The second-order valence-electron chi connectivity index (χ2n) is 3.64. The third-order valence-electron chi connectivity index (χ3n) is 2.69. The van der Waals surface area contributed by atoms with E-state index in [0.717, 1.165) is 5.92 Å². The Labute approximate surface area is 77.9 Å². The van der Waals surface area contributed by atoms with E-state index in [0.29, 0.717) is 0 Å². The molecule has 0 heterocycles. The Bertz CT molecular complexity index is 77.1. The molecule has 0 saturated carbocycles. The molecule has 0 aliphatic heterocycles. The highest BCUT2D eigenvalue weighted by Gasteiger charge is 2.01. The van der Waals surface area contributed by atoms with Crippen LogP contribution in [0.4, 0.5) is 0 Å². The summed E-state index contributed by atoms with van der Waals surface area (Å²) in [4.78, 5) is 0. The molecular weight excluding hydrogens is 146 g/mol. The lowest BCUT2D eigenvalue weighted by atomic mass is 9.96. The Morgan fingerprint density at radius 3 is 2.17 bits per heavy atom. The molecule has 0 aliphatic rings. The standard InChI is InChI=1S/C11H25N/c1-4-11(5-2)9-7-6-8-10-12-3/h11-12H,4-10H2,1-3H3. The molecule has 0 spiro atoms. The van der Waals surface area contributed by atoms with E-state index in [2.05, 4.69) is 19.2 Å². The van der Waals surface area contributed by atoms with Crippen molar-refractivity contribution in [2.24, 2.45) is 5.92 Å². The van der Waals surface area contributed by atoms with Gasteiger partial charge in [-0.1, -0.05) is 46.0 Å². The van der Waals surface area contributed by atoms with Crippen molar-refractivity contribution in [3.8, 4) is 0 Å². The zero-order valence-electron chi connectivity index (χ0n) is 9.03. The minimum absolute atomic E-state index is 0.986. The highest BCUT2D eigenvalue weighted by molar-refractivity contribution is 4.55. The Morgan fingerprint density at radius 1 is 1.00 bits per heavy atom. The van der Waals surface area contributed by atoms with E-state index >= 15 is 0 Å². The third-order valence-corrected chi connectivity index (χ3v) is 2.69. The number of nitrogens with one attached hydrogen (secondary N) is 1. The smallest absolute Gasteiger partial charge is 0.00519 e. The first-order chi connectivity index (χ1) is 5.85. The fourth-order valence-electron chi connectivity index (χ4n) is 1.61. The van der Waals surface area contributed by atoms with Crippen LogP contribution in [0.3, 0.4) is 0 Å². The number of unbranched alkanes of at least 4 members (excludes halogenated alkanes) is 2. The van der Waals surface area contributed by atoms with Crippen molar-refractivity contribution in [2.45, 2.75) is 52.4 Å². The van der Waals surface area contributed by atoms with Gasteiger partial charge in [-0.15, -0.1) is 0 Å². The van der Waals surface area contributed by atoms with E-state index in [4.69, 9.17) is 0 Å². The average molecular weight is 171 g/mol. The van der Waals surface area contributed by atoms with Crippen LogP contribution in [0.1, 0.15) is 52.4 Å². The Balaban J connectivity index is 3.06. The van der Waals surface area contributed by atoms with Crippen molar-refractivity contribution in [2.75, 3.05) is 13.6 Å². The summed E-state index contributed by atoms with van der Waals surface area (Å²) in [5.41, 5.74) is 0. The number of rotatable bonds is 8. The zero-order valence-corrected chi connectivity index (χ0v) is 9.03. The van der Waals surface area contributed by atoms with Crippen molar-refractivity contribution in [1.29, 1.82) is 0 Å². The molecule has 0 saturated heterocycles. The summed E-state index contributed by atoms with van der Waals surface area (Å²) in [5.74, 6) is 0.986. The van der Waals surface area contributed by atoms with Crippen molar-refractivity contribution < 1.29 is 0 Å². The second-order valence-corrected chi connectivity index (χ2v) is 3.64. The Kier molecular flexibility index (Phi) is 9.02. The minimum atomic E-state index is 0.986. The lowest BCUT2D eigenvalue weighted by Crippen LogP contribution is -2.07. The van der Waals surface area contributed by atoms with Crippen LogP contribution in [-0.4, -0.2) is 13.6 Å². The lowest BCUT2D eigenvalue weighted by Gasteiger charge is -2.11. The Morgan fingerprint density at radius 2 is 1.67 bits per heavy atom. The maximum atomic E-state index is 3.18. The molecule has 1 N–H and O–H groups in total. The maximum absolute atomic E-state index is 3.18. The van der Waals surface area contributed by atoms with E-state index in [1.807, 2.05) is 7.05 Å². The van der Waals surface area contributed by atoms with Gasteiger partial charge in [-0.2, -0.15) is 0 Å². The van der Waals surface area contributed by atoms with Gasteiger partial charge in [0.05, 0.1) is 0 Å². The van der Waals surface area contributed by atoms with Crippen LogP contribution in [0, 0.1) is 5.92 Å². The van der Waals surface area contributed by atoms with E-state index in [1.54, 1.807) is 0 Å². The normalized spacial score (nSPS) is 11.0. The van der Waals surface area contributed by atoms with Crippen molar-refractivity contribution >= 4 is 0 Å². The van der Waals surface area contributed by atoms with Gasteiger partial charge in [0, 0.05) is 0 Å². The van der Waals surface area contributed by atoms with Gasteiger partial charge in [0.15, 0.2) is 0 Å². The first-order valence-corrected chi connectivity index (χ1v) is 5.49. The summed E-state index contributed by atoms with van der Waals surface area (Å²) in [5, 5.41) is 3.18. The minimum Gasteiger partial charge on any atom is -0.320 e. The van der Waals surface area contributed by atoms with E-state index in [9.17, 15) is 0 Å². The van der Waals surface area contributed by atoms with E-state index < -0.39 is 0 Å². The molecule has 0 unspecified atom stereocenters. The van der Waals surface area contributed by atoms with Crippen LogP contribution in [0.2, 0.25) is 0 Å². The molecule has 0 rings (SSSR count). The van der Waals surface area contributed by atoms with E-state index in [-0.39, 0.29) is 0 Å². The van der Waals surface area contributed by atoms with Crippen LogP contribution in [0.25, 0.3) is 0 Å². The summed E-state index contributed by atoms with van der Waals surface area (Å²) >= 11 is 0. The largest absolute Gasteiger partial charge is 0.320 e. The molecule has 0 fully saturated rings. The predicted molar refractivity (Wildman–Crippen MR) is 56.5 cm³/mol. The monoisotopic (exact) mass is 171 g/mol. The molecule has 0 aromatic rings. The SMILES string of the molecule is CCC(CC)CCCCCNC. The predicted octanol–water partition coefficient (Wildman–Crippen LogP) is 3.20. The first kappa shape index (κ1) is 12.0. The summed E-state index contributed by atoms with van der Waals surface area (Å²) in [6, 6.07) is 0. The fourth-order valence-corrected chi connectivity index (χ4v) is 1.61. The van der Waals surface area contributed by atoms with Crippen LogP contribution in [-0.2, 0) is 0 Å². The van der Waals surface area contributed by atoms with E-state index in [1.165, 1.54) is 45.1 Å². The molecule has 0 aromatic carbocycles. The fraction of sp³-hybridized carbons (Fsp3) is 1.00. The highest BCUT2D eigenvalue weighted by atomic mass is 14.8. The molecule has 0 atom stereocenters. The average Bonchev–Trinajstić information content (AvgIpc) is 2.11. The molecule has 0 aromatic heterocycles. The molecule has 12 heavy (non-hydrogen) atoms. The Hall–Kier alpha value is -0.0400. The summed E-state index contributed by atoms with van der Waals surface area (Å²) in [7, 11) is 2.03. The number of hydrogen-bond donors (Lipinski definition) is 1. The molecule has 0 amide bonds. The van der Waals surface area contributed by atoms with Gasteiger partial charge in [-0.3, -0.25) is 0 Å². The van der Waals surface area contributed by atoms with Crippen LogP contribution >= 0.6 is 0 Å². The first-order valence-electron chi connectivity index (χ1n) is 5.49. The zero-order chi connectivity index (χ0) is 9.23. The van der Waals surface area contributed by atoms with Crippen LogP contribution in [0.15, 0.2) is 0 Å². The topological polar surface area (TPSA) is 12.0 Å². The van der Waals surface area contributed by atoms with Crippen molar-refractivity contribution in [1.82, 2.24) is 5.32 Å². The summed E-state index contributed by atoms with van der Waals surface area (Å²) in [6.07, 6.45) is 8.34. The van der Waals surface area contributed by atoms with Crippen molar-refractivity contribution in [3.05, 3.63) is 0 Å². The molecule has 0 bridgehead atoms. The van der Waals surface area contributed by atoms with Gasteiger partial charge in [0.25, 0.3) is 0 Å². The van der Waals surface area contributed by atoms with Crippen LogP contribution in [0.5, 0.6) is 0 Å². The van der Waals surface area contributed by atoms with Gasteiger partial charge in [0.2, 0.25) is 0 Å². The maximum Gasteiger partial charge on any atom is -0.00519 e. The molecular formula is C11H25N. The van der Waals surface area contributed by atoms with Crippen LogP contribution < -0.4 is 5.32 Å². The van der Waals surface area contributed by atoms with Gasteiger partial charge >= 0.3 is 0 Å². The third kappa shape index (κ3) is 6.66. The summed E-state index contributed by atoms with van der Waals surface area (Å²) < 4.78 is 0. The molecule has 74 valence electrons. The van der Waals surface area contributed by atoms with Gasteiger partial charge < -0.3 is 5.32 Å². The highest BCUT2D eigenvalue weighted by Crippen LogP contribution is 2.16. The molecule has 1 heteroatoms. The van der Waals surface area contributed by atoms with Gasteiger partial charge in [0.1, 0.15) is 0 Å². The van der Waals surface area contributed by atoms with Gasteiger partial charge in [-0.25, -0.2) is 0 Å². The molecule has 0 aliphatic carbocycles. The number of hydrogen-bond acceptors (Lipinski definition) is 1. The quantitative estimate of drug-likeness (QED) is 0.553. The summed E-state index contributed by atoms with van der Waals surface area (Å²) in [6.45, 7) is 5.80. The second kappa shape index (κ2) is 9.05. The molecule has 0 radical (unpaired) electrons. The molecule has 1 nitrogen and oxygen atoms in total.